The standard InChI is InChI=1S/C32H32N10O2.2C7H8O3S/c1-3-41-17-25(27(33)39-31(41)35)19-9-13-23(14-10-19)37-29(43)21-5-7-22(8-6-21)30(44)38-24-15-11-20(12-16-24)26-18-42(4-2)32(36)40-28(26)34;2*1-6-2-4-7(5-3-6)11(8,9)10/h5-18H,3-4H2,1-2H3,(H8,33,34,35,36,37,38,39,40,43,44);2*2-5H,1H3,(H,8,9,10). The van der Waals surface area contributed by atoms with Gasteiger partial charge in [-0.25, -0.2) is 26.0 Å². The number of aromatic nitrogens is 4. The summed E-state index contributed by atoms with van der Waals surface area (Å²) in [7, 11) is -8.54. The van der Waals surface area contributed by atoms with Crippen molar-refractivity contribution in [2.24, 2.45) is 0 Å². The number of benzene rings is 5. The van der Waals surface area contributed by atoms with Crippen LogP contribution < -0.4 is 42.7 Å². The largest absolute Gasteiger partial charge is 0.744 e. The van der Waals surface area contributed by atoms with E-state index in [4.69, 9.17) is 22.9 Å². The summed E-state index contributed by atoms with van der Waals surface area (Å²) in [6.07, 6.45) is 3.71. The molecule has 0 saturated carbocycles. The quantitative estimate of drug-likeness (QED) is 0.0772. The predicted molar refractivity (Wildman–Crippen MR) is 249 cm³/mol. The Bertz CT molecular complexity index is 2850. The van der Waals surface area contributed by atoms with Gasteiger partial charge >= 0.3 is 11.9 Å². The topological polar surface area (TPSA) is 310 Å². The smallest absolute Gasteiger partial charge is 0.391 e. The van der Waals surface area contributed by atoms with Crippen molar-refractivity contribution in [1.82, 2.24) is 9.97 Å². The first-order valence-corrected chi connectivity index (χ1v) is 22.9. The lowest BCUT2D eigenvalue weighted by molar-refractivity contribution is -0.681. The average Bonchev–Trinajstić information content (AvgIpc) is 3.27. The molecule has 0 radical (unpaired) electrons. The van der Waals surface area contributed by atoms with Crippen LogP contribution in [0.5, 0.6) is 0 Å². The number of amides is 2. The number of hydrogen-bond acceptors (Lipinski definition) is 14. The molecule has 0 unspecified atom stereocenters. The van der Waals surface area contributed by atoms with E-state index in [0.29, 0.717) is 59.1 Å². The fourth-order valence-electron chi connectivity index (χ4n) is 6.08. The Labute approximate surface area is 382 Å². The van der Waals surface area contributed by atoms with E-state index in [-0.39, 0.29) is 21.6 Å². The molecule has 7 aromatic rings. The second-order valence-corrected chi connectivity index (χ2v) is 17.3. The second-order valence-electron chi connectivity index (χ2n) is 14.5. The van der Waals surface area contributed by atoms with Gasteiger partial charge in [-0.1, -0.05) is 69.6 Å². The maximum absolute atomic E-state index is 12.9. The number of rotatable bonds is 10. The molecule has 0 saturated heterocycles. The summed E-state index contributed by atoms with van der Waals surface area (Å²) in [5, 5.41) is 5.74. The number of nitrogens with one attached hydrogen (secondary N) is 2. The van der Waals surface area contributed by atoms with Crippen molar-refractivity contribution in [1.29, 1.82) is 0 Å². The molecule has 0 aliphatic rings. The molecule has 2 heterocycles. The molecule has 5 aromatic carbocycles. The number of nitrogen functional groups attached to an aromatic ring is 4. The Balaban J connectivity index is 0.000000301. The van der Waals surface area contributed by atoms with Gasteiger partial charge in [-0.3, -0.25) is 21.1 Å². The molecule has 7 rings (SSSR count). The summed E-state index contributed by atoms with van der Waals surface area (Å²) in [6.45, 7) is 8.89. The number of nitrogens with two attached hydrogens (primary N) is 4. The van der Waals surface area contributed by atoms with Gasteiger partial charge in [-0.15, -0.1) is 0 Å². The first kappa shape index (κ1) is 49.2. The molecule has 0 bridgehead atoms. The van der Waals surface area contributed by atoms with Gasteiger partial charge in [-0.2, -0.15) is 0 Å². The third-order valence-electron chi connectivity index (χ3n) is 9.80. The predicted octanol–water partition coefficient (Wildman–Crippen LogP) is 5.06. The van der Waals surface area contributed by atoms with Gasteiger partial charge in [0.15, 0.2) is 0 Å². The summed E-state index contributed by atoms with van der Waals surface area (Å²) in [6, 6.07) is 32.5. The molecular formula is C46H48N10O8S2. The number of nitrogens with zero attached hydrogens (tertiary/aromatic N) is 4. The van der Waals surface area contributed by atoms with E-state index in [2.05, 4.69) is 20.6 Å². The van der Waals surface area contributed by atoms with Crippen LogP contribution in [-0.4, -0.2) is 47.7 Å². The van der Waals surface area contributed by atoms with Gasteiger partial charge < -0.3 is 31.2 Å². The molecule has 0 spiro atoms. The molecule has 0 fully saturated rings. The molecular weight excluding hydrogens is 885 g/mol. The monoisotopic (exact) mass is 932 g/mol. The van der Waals surface area contributed by atoms with Crippen molar-refractivity contribution in [3.63, 3.8) is 0 Å². The molecule has 10 N–H and O–H groups in total. The molecule has 2 amide bonds. The van der Waals surface area contributed by atoms with Gasteiger partial charge in [0.1, 0.15) is 20.2 Å². The highest BCUT2D eigenvalue weighted by atomic mass is 32.2. The lowest BCUT2D eigenvalue weighted by Crippen LogP contribution is -2.37. The van der Waals surface area contributed by atoms with E-state index >= 15 is 0 Å². The summed E-state index contributed by atoms with van der Waals surface area (Å²) in [5.74, 6) is 0.737. The van der Waals surface area contributed by atoms with Crippen LogP contribution in [-0.2, 0) is 33.3 Å². The average molecular weight is 933 g/mol. The van der Waals surface area contributed by atoms with E-state index < -0.39 is 20.2 Å². The SMILES string of the molecule is CC[n+]1cc(-c2ccc(NC(=O)c3ccc(C(=O)Nc4ccc(-c5c[n+](CC)c(N)nc5N)cc4)cc3)cc2)c(N)nc1N.Cc1ccc(S(=O)(=O)[O-])cc1.Cc1ccc(S(=O)(=O)[O-])cc1. The van der Waals surface area contributed by atoms with Crippen LogP contribution in [0.3, 0.4) is 0 Å². The zero-order chi connectivity index (χ0) is 48.3. The molecule has 0 aliphatic heterocycles. The maximum Gasteiger partial charge on any atom is 0.391 e. The Morgan fingerprint density at radius 1 is 0.515 bits per heavy atom. The molecule has 20 heteroatoms. The van der Waals surface area contributed by atoms with E-state index in [1.165, 1.54) is 24.3 Å². The van der Waals surface area contributed by atoms with Crippen molar-refractivity contribution in [2.45, 2.75) is 50.6 Å². The molecule has 18 nitrogen and oxygen atoms in total. The fourth-order valence-corrected chi connectivity index (χ4v) is 7.02. The summed E-state index contributed by atoms with van der Waals surface area (Å²) >= 11 is 0. The number of aryl methyl sites for hydroxylation is 4. The Morgan fingerprint density at radius 2 is 0.818 bits per heavy atom. The van der Waals surface area contributed by atoms with Crippen LogP contribution in [0, 0.1) is 13.8 Å². The molecule has 0 atom stereocenters. The minimum atomic E-state index is -4.27. The van der Waals surface area contributed by atoms with E-state index in [9.17, 15) is 35.5 Å². The lowest BCUT2D eigenvalue weighted by atomic mass is 10.1. The van der Waals surface area contributed by atoms with Gasteiger partial charge in [0, 0.05) is 22.5 Å². The molecule has 0 aliphatic carbocycles. The van der Waals surface area contributed by atoms with Crippen LogP contribution in [0.1, 0.15) is 45.7 Å². The summed E-state index contributed by atoms with van der Waals surface area (Å²) in [4.78, 5) is 33.8. The van der Waals surface area contributed by atoms with Crippen molar-refractivity contribution < 1.29 is 44.7 Å². The zero-order valence-corrected chi connectivity index (χ0v) is 37.9. The van der Waals surface area contributed by atoms with Crippen molar-refractivity contribution >= 4 is 67.0 Å². The third-order valence-corrected chi connectivity index (χ3v) is 11.5. The Morgan fingerprint density at radius 3 is 1.09 bits per heavy atom. The fraction of sp³-hybridized carbons (Fsp3) is 0.130. The van der Waals surface area contributed by atoms with Gasteiger partial charge in [-0.05, 0) is 112 Å². The molecule has 2 aromatic heterocycles. The van der Waals surface area contributed by atoms with Crippen LogP contribution in [0.4, 0.5) is 34.9 Å². The minimum absolute atomic E-state index is 0.178. The highest BCUT2D eigenvalue weighted by Crippen LogP contribution is 2.27. The number of carbonyl (C=O) groups is 2. The first-order valence-electron chi connectivity index (χ1n) is 20.1. The van der Waals surface area contributed by atoms with Crippen LogP contribution >= 0.6 is 0 Å². The van der Waals surface area contributed by atoms with Crippen LogP contribution in [0.15, 0.2) is 144 Å². The normalized spacial score (nSPS) is 11.0. The van der Waals surface area contributed by atoms with Crippen LogP contribution in [0.25, 0.3) is 22.3 Å². The Kier molecular flexibility index (Phi) is 15.9. The van der Waals surface area contributed by atoms with Crippen LogP contribution in [0.2, 0.25) is 0 Å². The zero-order valence-electron chi connectivity index (χ0n) is 36.3. The van der Waals surface area contributed by atoms with Gasteiger partial charge in [0.05, 0.1) is 46.4 Å². The highest BCUT2D eigenvalue weighted by molar-refractivity contribution is 7.86. The third kappa shape index (κ3) is 13.1. The minimum Gasteiger partial charge on any atom is -0.744 e. The van der Waals surface area contributed by atoms with E-state index in [0.717, 1.165) is 33.4 Å². The van der Waals surface area contributed by atoms with Gasteiger partial charge in [0.2, 0.25) is 11.6 Å². The molecule has 66 heavy (non-hydrogen) atoms. The number of carbonyl (C=O) groups excluding carboxylic acids is 2. The van der Waals surface area contributed by atoms with E-state index in [1.807, 2.05) is 64.4 Å². The molecule has 342 valence electrons. The highest BCUT2D eigenvalue weighted by Gasteiger charge is 2.17. The Hall–Kier alpha value is -7.78. The van der Waals surface area contributed by atoms with E-state index in [1.54, 1.807) is 81.9 Å². The number of hydrogen-bond donors (Lipinski definition) is 6. The van der Waals surface area contributed by atoms with Gasteiger partial charge in [0.25, 0.3) is 11.8 Å². The van der Waals surface area contributed by atoms with Crippen molar-refractivity contribution in [2.75, 3.05) is 33.6 Å². The first-order chi connectivity index (χ1) is 31.2. The summed E-state index contributed by atoms with van der Waals surface area (Å²) < 4.78 is 65.9. The van der Waals surface area contributed by atoms with Crippen molar-refractivity contribution in [3.8, 4) is 22.3 Å². The second kappa shape index (κ2) is 21.3. The van der Waals surface area contributed by atoms with Crippen molar-refractivity contribution in [3.05, 3.63) is 156 Å². The number of anilines is 6. The summed E-state index contributed by atoms with van der Waals surface area (Å²) in [5.41, 5.74) is 31.0. The maximum atomic E-state index is 12.9. The lowest BCUT2D eigenvalue weighted by Gasteiger charge is -2.10.